The predicted molar refractivity (Wildman–Crippen MR) is 67.3 cm³/mol. The van der Waals surface area contributed by atoms with E-state index >= 15 is 0 Å². The van der Waals surface area contributed by atoms with Crippen molar-refractivity contribution in [3.8, 4) is 0 Å². The van der Waals surface area contributed by atoms with Crippen molar-refractivity contribution in [2.45, 2.75) is 12.2 Å². The highest BCUT2D eigenvalue weighted by molar-refractivity contribution is 5.87. The molecule has 1 radical (unpaired) electrons. The van der Waals surface area contributed by atoms with E-state index in [2.05, 4.69) is 36.8 Å². The van der Waals surface area contributed by atoms with E-state index in [4.69, 9.17) is 9.47 Å². The van der Waals surface area contributed by atoms with Crippen molar-refractivity contribution in [2.24, 2.45) is 0 Å². The smallest absolute Gasteiger partial charge is 0.191 e. The molecule has 3 rings (SSSR count). The molecule has 87 valence electrons. The van der Waals surface area contributed by atoms with Crippen LogP contribution in [0.2, 0.25) is 0 Å². The lowest BCUT2D eigenvalue weighted by atomic mass is 9.93. The van der Waals surface area contributed by atoms with Crippen molar-refractivity contribution < 1.29 is 9.47 Å². The van der Waals surface area contributed by atoms with Gasteiger partial charge in [0, 0.05) is 27.1 Å². The summed E-state index contributed by atoms with van der Waals surface area (Å²) in [7, 11) is 3.36. The average Bonchev–Trinajstić information content (AvgIpc) is 2.75. The lowest BCUT2D eigenvalue weighted by Crippen LogP contribution is -2.33. The van der Waals surface area contributed by atoms with Crippen LogP contribution in [0.4, 0.5) is 0 Å². The zero-order valence-electron chi connectivity index (χ0n) is 10.1. The van der Waals surface area contributed by atoms with Gasteiger partial charge < -0.3 is 9.47 Å². The fraction of sp³-hybridized carbons (Fsp3) is 0.267. The Morgan fingerprint density at radius 2 is 1.88 bits per heavy atom. The van der Waals surface area contributed by atoms with Gasteiger partial charge in [-0.1, -0.05) is 30.3 Å². The summed E-state index contributed by atoms with van der Waals surface area (Å²) in [6, 6.07) is 8.44. The minimum absolute atomic E-state index is 0.600. The first kappa shape index (κ1) is 10.8. The third-order valence-corrected chi connectivity index (χ3v) is 3.56. The van der Waals surface area contributed by atoms with Gasteiger partial charge in [-0.05, 0) is 28.3 Å². The van der Waals surface area contributed by atoms with Gasteiger partial charge in [-0.2, -0.15) is 0 Å². The van der Waals surface area contributed by atoms with Gasteiger partial charge >= 0.3 is 0 Å². The van der Waals surface area contributed by atoms with Crippen LogP contribution in [-0.4, -0.2) is 20.0 Å². The first-order valence-electron chi connectivity index (χ1n) is 5.75. The second kappa shape index (κ2) is 3.83. The molecule has 0 spiro atoms. The minimum atomic E-state index is -0.600. The van der Waals surface area contributed by atoms with Gasteiger partial charge in [0.15, 0.2) is 5.79 Å². The van der Waals surface area contributed by atoms with Gasteiger partial charge in [0.2, 0.25) is 0 Å². The molecule has 2 aliphatic carbocycles. The Morgan fingerprint density at radius 1 is 1.12 bits per heavy atom. The minimum Gasteiger partial charge on any atom is -0.349 e. The van der Waals surface area contributed by atoms with Crippen LogP contribution in [0.1, 0.15) is 17.5 Å². The van der Waals surface area contributed by atoms with E-state index in [0.717, 1.165) is 6.42 Å². The summed E-state index contributed by atoms with van der Waals surface area (Å²) in [6.45, 7) is 0. The molecule has 0 saturated heterocycles. The van der Waals surface area contributed by atoms with Gasteiger partial charge in [-0.3, -0.25) is 0 Å². The highest BCUT2D eigenvalue weighted by Gasteiger charge is 2.34. The molecule has 2 nitrogen and oxygen atoms in total. The summed E-state index contributed by atoms with van der Waals surface area (Å²) in [5.41, 5.74) is 5.17. The molecule has 2 aliphatic rings. The third-order valence-electron chi connectivity index (χ3n) is 3.56. The van der Waals surface area contributed by atoms with Gasteiger partial charge in [0.05, 0.1) is 0 Å². The molecule has 0 N–H and O–H groups in total. The Labute approximate surface area is 102 Å². The number of hydrogen-bond donors (Lipinski definition) is 0. The Morgan fingerprint density at radius 3 is 2.65 bits per heavy atom. The molecular weight excluding hydrogens is 212 g/mol. The number of rotatable bonds is 2. The van der Waals surface area contributed by atoms with Crippen LogP contribution in [0.25, 0.3) is 5.57 Å². The Bertz CT molecular complexity index is 507. The van der Waals surface area contributed by atoms with Crippen LogP contribution in [0, 0.1) is 6.42 Å². The maximum absolute atomic E-state index is 5.47. The summed E-state index contributed by atoms with van der Waals surface area (Å²) >= 11 is 0. The number of benzene rings is 1. The Balaban J connectivity index is 1.99. The third kappa shape index (κ3) is 1.56. The van der Waals surface area contributed by atoms with E-state index in [-0.39, 0.29) is 0 Å². The van der Waals surface area contributed by atoms with Gasteiger partial charge in [-0.25, -0.2) is 0 Å². The molecule has 0 amide bonds. The summed E-state index contributed by atoms with van der Waals surface area (Å²) in [5.74, 6) is -0.600. The predicted octanol–water partition coefficient (Wildman–Crippen LogP) is 2.96. The van der Waals surface area contributed by atoms with Crippen LogP contribution in [0.5, 0.6) is 0 Å². The van der Waals surface area contributed by atoms with Gasteiger partial charge in [0.1, 0.15) is 0 Å². The quantitative estimate of drug-likeness (QED) is 0.723. The molecule has 0 bridgehead atoms. The molecule has 1 aromatic rings. The van der Waals surface area contributed by atoms with Crippen LogP contribution >= 0.6 is 0 Å². The van der Waals surface area contributed by atoms with Crippen LogP contribution < -0.4 is 0 Å². The molecule has 0 unspecified atom stereocenters. The van der Waals surface area contributed by atoms with Crippen LogP contribution in [0.15, 0.2) is 42.0 Å². The summed E-state index contributed by atoms with van der Waals surface area (Å²) in [5, 5.41) is 0. The van der Waals surface area contributed by atoms with Gasteiger partial charge in [0.25, 0.3) is 0 Å². The summed E-state index contributed by atoms with van der Waals surface area (Å²) in [4.78, 5) is 0. The topological polar surface area (TPSA) is 18.5 Å². The van der Waals surface area contributed by atoms with E-state index in [1.54, 1.807) is 14.2 Å². The summed E-state index contributed by atoms with van der Waals surface area (Å²) in [6.07, 6.45) is 7.09. The molecule has 0 heterocycles. The van der Waals surface area contributed by atoms with Crippen molar-refractivity contribution in [3.05, 3.63) is 59.5 Å². The SMILES string of the molecule is COC1(OC)C=CC2=C([CH]c3ccccc32)C1. The Kier molecular flexibility index (Phi) is 2.42. The van der Waals surface area contributed by atoms with E-state index in [0.29, 0.717) is 0 Å². The molecule has 0 aliphatic heterocycles. The molecule has 0 aromatic heterocycles. The zero-order chi connectivity index (χ0) is 11.9. The standard InChI is InChI=1S/C15H15O2/c1-16-15(17-2)8-7-14-12(10-15)9-11-5-3-4-6-13(11)14/h3-9H,10H2,1-2H3. The average molecular weight is 227 g/mol. The highest BCUT2D eigenvalue weighted by atomic mass is 16.7. The van der Waals surface area contributed by atoms with Crippen LogP contribution in [0.3, 0.4) is 0 Å². The molecular formula is C15H15O2. The maximum Gasteiger partial charge on any atom is 0.191 e. The second-order valence-corrected chi connectivity index (χ2v) is 4.40. The number of methoxy groups -OCH3 is 2. The normalized spacial score (nSPS) is 20.4. The lowest BCUT2D eigenvalue weighted by molar-refractivity contribution is -0.168. The molecule has 1 aromatic carbocycles. The van der Waals surface area contributed by atoms with E-state index in [9.17, 15) is 0 Å². The highest BCUT2D eigenvalue weighted by Crippen LogP contribution is 2.43. The van der Waals surface area contributed by atoms with Crippen molar-refractivity contribution in [2.75, 3.05) is 14.2 Å². The van der Waals surface area contributed by atoms with E-state index < -0.39 is 5.79 Å². The summed E-state index contributed by atoms with van der Waals surface area (Å²) < 4.78 is 10.9. The van der Waals surface area contributed by atoms with Crippen molar-refractivity contribution in [3.63, 3.8) is 0 Å². The fourth-order valence-corrected chi connectivity index (χ4v) is 2.55. The van der Waals surface area contributed by atoms with Crippen molar-refractivity contribution in [1.82, 2.24) is 0 Å². The largest absolute Gasteiger partial charge is 0.349 e. The lowest BCUT2D eigenvalue weighted by Gasteiger charge is -2.31. The molecule has 2 heteroatoms. The Hall–Kier alpha value is -1.38. The first-order valence-corrected chi connectivity index (χ1v) is 5.75. The molecule has 17 heavy (non-hydrogen) atoms. The molecule has 0 saturated carbocycles. The monoisotopic (exact) mass is 227 g/mol. The second-order valence-electron chi connectivity index (χ2n) is 4.40. The fourth-order valence-electron chi connectivity index (χ4n) is 2.55. The van der Waals surface area contributed by atoms with E-state index in [1.807, 2.05) is 6.08 Å². The molecule has 0 fully saturated rings. The first-order chi connectivity index (χ1) is 8.28. The van der Waals surface area contributed by atoms with Crippen LogP contribution in [-0.2, 0) is 9.47 Å². The zero-order valence-corrected chi connectivity index (χ0v) is 10.1. The maximum atomic E-state index is 5.47. The number of allylic oxidation sites excluding steroid dienone is 2. The number of fused-ring (bicyclic) bond motifs is 2. The van der Waals surface area contributed by atoms with Crippen molar-refractivity contribution in [1.29, 1.82) is 0 Å². The van der Waals surface area contributed by atoms with Crippen molar-refractivity contribution >= 4 is 5.57 Å². The van der Waals surface area contributed by atoms with E-state index in [1.165, 1.54) is 22.3 Å². The molecule has 0 atom stereocenters. The number of ether oxygens (including phenoxy) is 2. The number of hydrogen-bond acceptors (Lipinski definition) is 2. The van der Waals surface area contributed by atoms with Gasteiger partial charge in [-0.15, -0.1) is 0 Å².